The molecule has 20 heavy (non-hydrogen) atoms. The fourth-order valence-electron chi connectivity index (χ4n) is 1.82. The molecule has 4 atom stereocenters. The molecule has 10 heteroatoms. The van der Waals surface area contributed by atoms with E-state index in [4.69, 9.17) is 5.11 Å². The molecule has 0 unspecified atom stereocenters. The standard InChI is InChI=1S/C10H17N3O7/c1-5-11-8(13(19)20)2-12(5)6(3-14)9(17)10(18)7(16)4-15/h2,6-7,9-10,14-18H,3-4H2,1H3/t6-,7+,9+,10+/m0/s1. The summed E-state index contributed by atoms with van der Waals surface area (Å²) in [4.78, 5) is 13.5. The zero-order valence-electron chi connectivity index (χ0n) is 10.7. The Bertz CT molecular complexity index is 464. The molecular formula is C10H17N3O7. The summed E-state index contributed by atoms with van der Waals surface area (Å²) in [6.07, 6.45) is -3.96. The van der Waals surface area contributed by atoms with Gasteiger partial charge in [-0.25, -0.2) is 0 Å². The van der Waals surface area contributed by atoms with E-state index in [0.29, 0.717) is 0 Å². The average Bonchev–Trinajstić information content (AvgIpc) is 2.80. The Kier molecular flexibility index (Phi) is 5.53. The monoisotopic (exact) mass is 291 g/mol. The molecule has 5 N–H and O–H groups in total. The van der Waals surface area contributed by atoms with Crippen molar-refractivity contribution in [3.05, 3.63) is 22.1 Å². The maximum absolute atomic E-state index is 10.6. The topological polar surface area (TPSA) is 162 Å². The Morgan fingerprint density at radius 3 is 2.30 bits per heavy atom. The van der Waals surface area contributed by atoms with Crippen LogP contribution in [0.5, 0.6) is 0 Å². The van der Waals surface area contributed by atoms with Gasteiger partial charge in [0, 0.05) is 6.92 Å². The molecule has 0 fully saturated rings. The van der Waals surface area contributed by atoms with Crippen LogP contribution in [0.4, 0.5) is 5.82 Å². The average molecular weight is 291 g/mol. The van der Waals surface area contributed by atoms with Crippen molar-refractivity contribution >= 4 is 5.82 Å². The van der Waals surface area contributed by atoms with Crippen LogP contribution in [-0.2, 0) is 0 Å². The Morgan fingerprint density at radius 2 is 1.90 bits per heavy atom. The van der Waals surface area contributed by atoms with Gasteiger partial charge in [0.1, 0.15) is 24.5 Å². The number of aryl methyl sites for hydroxylation is 1. The first-order valence-electron chi connectivity index (χ1n) is 5.79. The molecule has 0 radical (unpaired) electrons. The highest BCUT2D eigenvalue weighted by Gasteiger charge is 2.34. The molecule has 0 aliphatic carbocycles. The highest BCUT2D eigenvalue weighted by molar-refractivity contribution is 5.18. The number of aromatic nitrogens is 2. The first kappa shape index (κ1) is 16.5. The molecule has 114 valence electrons. The predicted molar refractivity (Wildman–Crippen MR) is 64.8 cm³/mol. The maximum atomic E-state index is 10.6. The van der Waals surface area contributed by atoms with Gasteiger partial charge in [0.2, 0.25) is 5.82 Å². The van der Waals surface area contributed by atoms with Gasteiger partial charge in [-0.05, 0) is 9.91 Å². The summed E-state index contributed by atoms with van der Waals surface area (Å²) < 4.78 is 1.14. The van der Waals surface area contributed by atoms with Crippen molar-refractivity contribution in [3.8, 4) is 0 Å². The van der Waals surface area contributed by atoms with Crippen LogP contribution >= 0.6 is 0 Å². The molecule has 10 nitrogen and oxygen atoms in total. The summed E-state index contributed by atoms with van der Waals surface area (Å²) in [6.45, 7) is 0.00138. The molecule has 0 spiro atoms. The lowest BCUT2D eigenvalue weighted by atomic mass is 10.0. The highest BCUT2D eigenvalue weighted by Crippen LogP contribution is 2.21. The van der Waals surface area contributed by atoms with Crippen molar-refractivity contribution in [1.29, 1.82) is 0 Å². The van der Waals surface area contributed by atoms with E-state index in [-0.39, 0.29) is 5.82 Å². The number of nitrogens with zero attached hydrogens (tertiary/aromatic N) is 3. The molecule has 0 saturated carbocycles. The van der Waals surface area contributed by atoms with Crippen LogP contribution in [0.2, 0.25) is 0 Å². The van der Waals surface area contributed by atoms with Gasteiger partial charge in [-0.1, -0.05) is 0 Å². The molecular weight excluding hydrogens is 274 g/mol. The summed E-state index contributed by atoms with van der Waals surface area (Å²) in [5, 5.41) is 57.4. The zero-order valence-corrected chi connectivity index (χ0v) is 10.7. The molecule has 0 aliphatic heterocycles. The van der Waals surface area contributed by atoms with Gasteiger partial charge >= 0.3 is 5.82 Å². The third kappa shape index (κ3) is 3.29. The minimum absolute atomic E-state index is 0.153. The number of aliphatic hydroxyl groups is 5. The van der Waals surface area contributed by atoms with Crippen LogP contribution in [0, 0.1) is 17.0 Å². The SMILES string of the molecule is Cc1nc([N+](=O)[O-])cn1[C@@H](CO)[C@@H](O)[C@H](O)[C@H](O)CO. The van der Waals surface area contributed by atoms with Gasteiger partial charge in [-0.15, -0.1) is 0 Å². The minimum atomic E-state index is -1.72. The first-order valence-corrected chi connectivity index (χ1v) is 5.79. The molecule has 1 aromatic rings. The van der Waals surface area contributed by atoms with E-state index in [1.807, 2.05) is 0 Å². The van der Waals surface area contributed by atoms with E-state index >= 15 is 0 Å². The zero-order chi connectivity index (χ0) is 15.4. The maximum Gasteiger partial charge on any atom is 0.381 e. The van der Waals surface area contributed by atoms with Gasteiger partial charge in [0.15, 0.2) is 0 Å². The second-order valence-electron chi connectivity index (χ2n) is 4.29. The summed E-state index contributed by atoms with van der Waals surface area (Å²) >= 11 is 0. The van der Waals surface area contributed by atoms with Crippen molar-refractivity contribution in [2.45, 2.75) is 31.3 Å². The van der Waals surface area contributed by atoms with E-state index in [2.05, 4.69) is 4.98 Å². The largest absolute Gasteiger partial charge is 0.394 e. The molecule has 1 heterocycles. The van der Waals surface area contributed by atoms with Crippen molar-refractivity contribution in [1.82, 2.24) is 9.55 Å². The second kappa shape index (κ2) is 6.72. The molecule has 0 saturated heterocycles. The van der Waals surface area contributed by atoms with Crippen LogP contribution in [-0.4, -0.2) is 71.5 Å². The van der Waals surface area contributed by atoms with Crippen molar-refractivity contribution in [2.24, 2.45) is 0 Å². The fourth-order valence-corrected chi connectivity index (χ4v) is 1.82. The minimum Gasteiger partial charge on any atom is -0.394 e. The highest BCUT2D eigenvalue weighted by atomic mass is 16.6. The number of hydrogen-bond acceptors (Lipinski definition) is 8. The Balaban J connectivity index is 3.03. The predicted octanol–water partition coefficient (Wildman–Crippen LogP) is -2.29. The molecule has 0 amide bonds. The summed E-state index contributed by atoms with van der Waals surface area (Å²) in [5.41, 5.74) is 0. The van der Waals surface area contributed by atoms with Gasteiger partial charge in [0.25, 0.3) is 0 Å². The lowest BCUT2D eigenvalue weighted by Crippen LogP contribution is -2.45. The van der Waals surface area contributed by atoms with Crippen LogP contribution in [0.15, 0.2) is 6.20 Å². The number of aliphatic hydroxyl groups excluding tert-OH is 5. The first-order chi connectivity index (χ1) is 9.33. The molecule has 0 aromatic carbocycles. The molecule has 0 bridgehead atoms. The molecule has 0 aliphatic rings. The number of hydrogen-bond donors (Lipinski definition) is 5. The quantitative estimate of drug-likeness (QED) is 0.277. The van der Waals surface area contributed by atoms with Crippen LogP contribution in [0.25, 0.3) is 0 Å². The van der Waals surface area contributed by atoms with Gasteiger partial charge in [0.05, 0.1) is 19.3 Å². The fraction of sp³-hybridized carbons (Fsp3) is 0.700. The smallest absolute Gasteiger partial charge is 0.381 e. The van der Waals surface area contributed by atoms with Gasteiger partial charge in [-0.2, -0.15) is 0 Å². The van der Waals surface area contributed by atoms with E-state index in [1.165, 1.54) is 6.92 Å². The van der Waals surface area contributed by atoms with E-state index in [0.717, 1.165) is 10.8 Å². The molecule has 1 aromatic heterocycles. The third-order valence-corrected chi connectivity index (χ3v) is 2.96. The summed E-state index contributed by atoms with van der Waals surface area (Å²) in [6, 6.07) is -1.15. The van der Waals surface area contributed by atoms with E-state index in [9.17, 15) is 30.5 Å². The lowest BCUT2D eigenvalue weighted by molar-refractivity contribution is -0.389. The van der Waals surface area contributed by atoms with Gasteiger partial charge in [-0.3, -0.25) is 4.57 Å². The third-order valence-electron chi connectivity index (χ3n) is 2.96. The van der Waals surface area contributed by atoms with Crippen LogP contribution in [0.1, 0.15) is 11.9 Å². The van der Waals surface area contributed by atoms with Crippen molar-refractivity contribution in [2.75, 3.05) is 13.2 Å². The Hall–Kier alpha value is -1.59. The van der Waals surface area contributed by atoms with Crippen LogP contribution < -0.4 is 0 Å². The summed E-state index contributed by atoms with van der Waals surface area (Å²) in [7, 11) is 0. The Labute approximate surface area is 113 Å². The van der Waals surface area contributed by atoms with Crippen molar-refractivity contribution < 1.29 is 30.5 Å². The second-order valence-corrected chi connectivity index (χ2v) is 4.29. The normalized spacial score (nSPS) is 17.5. The lowest BCUT2D eigenvalue weighted by Gasteiger charge is -2.28. The number of imidazole rings is 1. The van der Waals surface area contributed by atoms with Crippen molar-refractivity contribution in [3.63, 3.8) is 0 Å². The Morgan fingerprint density at radius 1 is 1.30 bits per heavy atom. The van der Waals surface area contributed by atoms with E-state index in [1.54, 1.807) is 0 Å². The van der Waals surface area contributed by atoms with Gasteiger partial charge < -0.3 is 35.6 Å². The molecule has 1 rings (SSSR count). The van der Waals surface area contributed by atoms with E-state index < -0.39 is 48.3 Å². The summed E-state index contributed by atoms with van der Waals surface area (Å²) in [5.74, 6) is -0.314. The number of nitro groups is 1. The van der Waals surface area contributed by atoms with Crippen LogP contribution in [0.3, 0.4) is 0 Å². The number of rotatable bonds is 7.